The molecule has 3 heterocycles. The summed E-state index contributed by atoms with van der Waals surface area (Å²) in [5, 5.41) is 3.47. The molecule has 2 aliphatic heterocycles. The molecule has 2 aromatic rings. The minimum absolute atomic E-state index is 0.212. The van der Waals surface area contributed by atoms with Gasteiger partial charge in [-0.3, -0.25) is 9.79 Å². The lowest BCUT2D eigenvalue weighted by Gasteiger charge is -2.39. The van der Waals surface area contributed by atoms with E-state index in [1.165, 1.54) is 5.56 Å². The van der Waals surface area contributed by atoms with Crippen molar-refractivity contribution in [1.82, 2.24) is 19.8 Å². The van der Waals surface area contributed by atoms with Crippen LogP contribution in [0.2, 0.25) is 0 Å². The zero-order valence-corrected chi connectivity index (χ0v) is 18.0. The van der Waals surface area contributed by atoms with E-state index in [0.717, 1.165) is 57.1 Å². The van der Waals surface area contributed by atoms with E-state index in [1.807, 2.05) is 48.9 Å². The van der Waals surface area contributed by atoms with Crippen LogP contribution >= 0.6 is 0 Å². The van der Waals surface area contributed by atoms with E-state index in [1.54, 1.807) is 0 Å². The largest absolute Gasteiger partial charge is 0.356 e. The lowest BCUT2D eigenvalue weighted by molar-refractivity contribution is -0.118. The number of fused-ring (bicyclic) bond motifs is 1. The number of aliphatic imine (C=N–C) groups is 1. The van der Waals surface area contributed by atoms with Crippen molar-refractivity contribution >= 4 is 17.6 Å². The summed E-state index contributed by atoms with van der Waals surface area (Å²) in [7, 11) is 1.83. The van der Waals surface area contributed by atoms with Gasteiger partial charge in [0.1, 0.15) is 0 Å². The monoisotopic (exact) mass is 408 g/mol. The number of carbonyl (C=O) groups excluding carboxylic acids is 1. The number of likely N-dealkylation sites (tertiary alicyclic amines) is 1. The van der Waals surface area contributed by atoms with Crippen LogP contribution in [0, 0.1) is 5.92 Å². The van der Waals surface area contributed by atoms with Gasteiger partial charge < -0.3 is 19.7 Å². The van der Waals surface area contributed by atoms with Gasteiger partial charge >= 0.3 is 0 Å². The maximum atomic E-state index is 12.7. The van der Waals surface area contributed by atoms with E-state index >= 15 is 0 Å². The smallest absolute Gasteiger partial charge is 0.227 e. The van der Waals surface area contributed by atoms with Gasteiger partial charge in [0.25, 0.3) is 0 Å². The summed E-state index contributed by atoms with van der Waals surface area (Å²) in [5.41, 5.74) is 2.36. The topological polar surface area (TPSA) is 65.8 Å². The van der Waals surface area contributed by atoms with Crippen LogP contribution in [0.3, 0.4) is 0 Å². The summed E-state index contributed by atoms with van der Waals surface area (Å²) in [6.45, 7) is 5.76. The van der Waals surface area contributed by atoms with Gasteiger partial charge in [0.2, 0.25) is 5.91 Å². The maximum Gasteiger partial charge on any atom is 0.227 e. The van der Waals surface area contributed by atoms with Crippen molar-refractivity contribution in [2.24, 2.45) is 10.9 Å². The lowest BCUT2D eigenvalue weighted by Crippen LogP contribution is -2.49. The Morgan fingerprint density at radius 1 is 1.30 bits per heavy atom. The number of guanidine groups is 1. The first-order valence-corrected chi connectivity index (χ1v) is 11.0. The zero-order chi connectivity index (χ0) is 20.9. The van der Waals surface area contributed by atoms with Crippen LogP contribution in [-0.2, 0) is 11.2 Å². The SMILES string of the molecule is CN=C(NCCCC(=O)N1CCc2ccccc21)N1CCC(C)C(n2ccnc2)C1. The number of hydrogen-bond donors (Lipinski definition) is 1. The second kappa shape index (κ2) is 9.32. The minimum atomic E-state index is 0.212. The molecule has 7 heteroatoms. The Labute approximate surface area is 178 Å². The number of anilines is 1. The first kappa shape index (κ1) is 20.4. The Morgan fingerprint density at radius 3 is 2.97 bits per heavy atom. The molecule has 1 N–H and O–H groups in total. The fraction of sp³-hybridized carbons (Fsp3) is 0.522. The number of carbonyl (C=O) groups is 1. The van der Waals surface area contributed by atoms with Gasteiger partial charge in [0.15, 0.2) is 5.96 Å². The van der Waals surface area contributed by atoms with Crippen molar-refractivity contribution in [1.29, 1.82) is 0 Å². The number of nitrogens with one attached hydrogen (secondary N) is 1. The van der Waals surface area contributed by atoms with Crippen molar-refractivity contribution in [3.8, 4) is 0 Å². The van der Waals surface area contributed by atoms with Gasteiger partial charge in [0, 0.05) is 57.7 Å². The van der Waals surface area contributed by atoms with Gasteiger partial charge in [-0.15, -0.1) is 0 Å². The molecule has 1 aromatic carbocycles. The van der Waals surface area contributed by atoms with E-state index in [2.05, 4.69) is 37.8 Å². The molecule has 0 bridgehead atoms. The zero-order valence-electron chi connectivity index (χ0n) is 18.0. The summed E-state index contributed by atoms with van der Waals surface area (Å²) in [6.07, 6.45) is 9.22. The normalized spacial score (nSPS) is 21.6. The number of imidazole rings is 1. The van der Waals surface area contributed by atoms with Crippen LogP contribution in [0.4, 0.5) is 5.69 Å². The van der Waals surface area contributed by atoms with Crippen molar-refractivity contribution in [2.45, 2.75) is 38.6 Å². The molecule has 1 fully saturated rings. The first-order chi connectivity index (χ1) is 14.7. The lowest BCUT2D eigenvalue weighted by atomic mass is 9.93. The molecule has 0 radical (unpaired) electrons. The first-order valence-electron chi connectivity index (χ1n) is 11.0. The Hall–Kier alpha value is -2.83. The third-order valence-electron chi connectivity index (χ3n) is 6.38. The minimum Gasteiger partial charge on any atom is -0.356 e. The average molecular weight is 409 g/mol. The molecule has 2 aliphatic rings. The molecular weight excluding hydrogens is 376 g/mol. The molecule has 1 saturated heterocycles. The maximum absolute atomic E-state index is 12.7. The Bertz CT molecular complexity index is 878. The Morgan fingerprint density at radius 2 is 2.17 bits per heavy atom. The Kier molecular flexibility index (Phi) is 6.35. The van der Waals surface area contributed by atoms with Crippen molar-refractivity contribution in [3.05, 3.63) is 48.5 Å². The van der Waals surface area contributed by atoms with E-state index < -0.39 is 0 Å². The molecule has 2 atom stereocenters. The van der Waals surface area contributed by atoms with Crippen LogP contribution in [0.25, 0.3) is 0 Å². The third-order valence-corrected chi connectivity index (χ3v) is 6.38. The van der Waals surface area contributed by atoms with E-state index in [9.17, 15) is 4.79 Å². The highest BCUT2D eigenvalue weighted by atomic mass is 16.2. The molecule has 1 aromatic heterocycles. The second-order valence-corrected chi connectivity index (χ2v) is 8.29. The van der Waals surface area contributed by atoms with Crippen LogP contribution in [-0.4, -0.2) is 59.5 Å². The van der Waals surface area contributed by atoms with E-state index in [0.29, 0.717) is 18.4 Å². The molecule has 0 aliphatic carbocycles. The number of nitrogens with zero attached hydrogens (tertiary/aromatic N) is 5. The third kappa shape index (κ3) is 4.35. The number of rotatable bonds is 5. The standard InChI is InChI=1S/C23H32N6O/c1-18-9-13-27(16-21(18)28-15-12-25-17-28)23(24-2)26-11-5-8-22(30)29-14-10-19-6-3-4-7-20(19)29/h3-4,6-7,12,15,17-18,21H,5,8-11,13-14,16H2,1-2H3,(H,24,26). The number of para-hydroxylation sites is 1. The van der Waals surface area contributed by atoms with Crippen LogP contribution in [0.5, 0.6) is 0 Å². The summed E-state index contributed by atoms with van der Waals surface area (Å²) >= 11 is 0. The molecular formula is C23H32N6O. The molecule has 30 heavy (non-hydrogen) atoms. The summed E-state index contributed by atoms with van der Waals surface area (Å²) < 4.78 is 2.21. The van der Waals surface area contributed by atoms with E-state index in [4.69, 9.17) is 0 Å². The van der Waals surface area contributed by atoms with Crippen LogP contribution < -0.4 is 10.2 Å². The number of aromatic nitrogens is 2. The number of amides is 1. The van der Waals surface area contributed by atoms with Gasteiger partial charge in [-0.25, -0.2) is 4.98 Å². The van der Waals surface area contributed by atoms with Gasteiger partial charge in [0.05, 0.1) is 12.4 Å². The van der Waals surface area contributed by atoms with Gasteiger partial charge in [-0.2, -0.15) is 0 Å². The highest BCUT2D eigenvalue weighted by Crippen LogP contribution is 2.28. The quantitative estimate of drug-likeness (QED) is 0.469. The highest BCUT2D eigenvalue weighted by Gasteiger charge is 2.29. The molecule has 7 nitrogen and oxygen atoms in total. The summed E-state index contributed by atoms with van der Waals surface area (Å²) in [5.74, 6) is 1.74. The molecule has 160 valence electrons. The predicted octanol–water partition coefficient (Wildman–Crippen LogP) is 2.71. The van der Waals surface area contributed by atoms with Crippen molar-refractivity contribution < 1.29 is 4.79 Å². The van der Waals surface area contributed by atoms with Crippen molar-refractivity contribution in [3.63, 3.8) is 0 Å². The summed E-state index contributed by atoms with van der Waals surface area (Å²) in [4.78, 5) is 25.6. The van der Waals surface area contributed by atoms with E-state index in [-0.39, 0.29) is 5.91 Å². The number of piperidine rings is 1. The number of hydrogen-bond acceptors (Lipinski definition) is 3. The van der Waals surface area contributed by atoms with Gasteiger partial charge in [-0.1, -0.05) is 25.1 Å². The molecule has 0 saturated carbocycles. The molecule has 0 spiro atoms. The predicted molar refractivity (Wildman–Crippen MR) is 120 cm³/mol. The molecule has 4 rings (SSSR count). The average Bonchev–Trinajstić information content (AvgIpc) is 3.44. The fourth-order valence-electron chi connectivity index (χ4n) is 4.60. The number of benzene rings is 1. The Balaban J connectivity index is 1.26. The van der Waals surface area contributed by atoms with Crippen molar-refractivity contribution in [2.75, 3.05) is 38.1 Å². The fourth-order valence-corrected chi connectivity index (χ4v) is 4.60. The summed E-state index contributed by atoms with van der Waals surface area (Å²) in [6, 6.07) is 8.61. The second-order valence-electron chi connectivity index (χ2n) is 8.29. The van der Waals surface area contributed by atoms with Gasteiger partial charge in [-0.05, 0) is 36.8 Å². The molecule has 2 unspecified atom stereocenters. The molecule has 1 amide bonds. The van der Waals surface area contributed by atoms with Crippen LogP contribution in [0.1, 0.15) is 37.8 Å². The van der Waals surface area contributed by atoms with Crippen LogP contribution in [0.15, 0.2) is 48.0 Å². The highest BCUT2D eigenvalue weighted by molar-refractivity contribution is 5.95.